The van der Waals surface area contributed by atoms with Gasteiger partial charge in [-0.05, 0) is 38.3 Å². The van der Waals surface area contributed by atoms with Crippen LogP contribution in [0.25, 0.3) is 0 Å². The maximum absolute atomic E-state index is 10.2. The van der Waals surface area contributed by atoms with Crippen LogP contribution in [0.5, 0.6) is 0 Å². The second-order valence-corrected chi connectivity index (χ2v) is 3.83. The molecule has 1 saturated carbocycles. The van der Waals surface area contributed by atoms with Gasteiger partial charge in [-0.3, -0.25) is 4.79 Å². The van der Waals surface area contributed by atoms with Gasteiger partial charge in [0.1, 0.15) is 0 Å². The predicted molar refractivity (Wildman–Crippen MR) is 51.7 cm³/mol. The molecule has 2 N–H and O–H groups in total. The molecule has 0 heterocycles. The highest BCUT2D eigenvalue weighted by Crippen LogP contribution is 2.33. The lowest BCUT2D eigenvalue weighted by Gasteiger charge is -2.02. The third-order valence-corrected chi connectivity index (χ3v) is 2.41. The zero-order chi connectivity index (χ0) is 9.52. The van der Waals surface area contributed by atoms with Crippen molar-refractivity contribution in [2.24, 2.45) is 5.92 Å². The lowest BCUT2D eigenvalue weighted by atomic mass is 10.2. The van der Waals surface area contributed by atoms with Crippen LogP contribution in [0.3, 0.4) is 0 Å². The molecule has 0 atom stereocenters. The van der Waals surface area contributed by atoms with Crippen LogP contribution in [0.2, 0.25) is 0 Å². The first-order valence-electron chi connectivity index (χ1n) is 5.21. The van der Waals surface area contributed by atoms with Gasteiger partial charge in [0.25, 0.3) is 0 Å². The summed E-state index contributed by atoms with van der Waals surface area (Å²) < 4.78 is 0. The number of carboxylic acids is 1. The number of carboxylic acid groups (broad SMARTS) is 1. The molecule has 1 aliphatic rings. The van der Waals surface area contributed by atoms with E-state index in [9.17, 15) is 4.79 Å². The van der Waals surface area contributed by atoms with Crippen molar-refractivity contribution < 1.29 is 9.90 Å². The highest BCUT2D eigenvalue weighted by molar-refractivity contribution is 5.66. The topological polar surface area (TPSA) is 49.3 Å². The molecule has 0 spiro atoms. The monoisotopic (exact) mass is 185 g/mol. The molecule has 0 bridgehead atoms. The zero-order valence-electron chi connectivity index (χ0n) is 8.09. The molecule has 3 heteroatoms. The van der Waals surface area contributed by atoms with Gasteiger partial charge in [0.2, 0.25) is 0 Å². The lowest BCUT2D eigenvalue weighted by Crippen LogP contribution is -2.17. The summed E-state index contributed by atoms with van der Waals surface area (Å²) in [6.07, 6.45) is 6.50. The molecule has 0 aliphatic heterocycles. The Bertz CT molecular complexity index is 155. The Morgan fingerprint density at radius 2 is 2.00 bits per heavy atom. The fourth-order valence-corrected chi connectivity index (χ4v) is 1.41. The first kappa shape index (κ1) is 10.5. The molecule has 76 valence electrons. The van der Waals surface area contributed by atoms with Crippen LogP contribution in [0.15, 0.2) is 0 Å². The van der Waals surface area contributed by atoms with Crippen LogP contribution in [0.1, 0.15) is 38.5 Å². The summed E-state index contributed by atoms with van der Waals surface area (Å²) in [6, 6.07) is 0. The quantitative estimate of drug-likeness (QED) is 0.565. The van der Waals surface area contributed by atoms with Crippen LogP contribution in [-0.4, -0.2) is 24.2 Å². The van der Waals surface area contributed by atoms with Gasteiger partial charge in [-0.1, -0.05) is 12.8 Å². The van der Waals surface area contributed by atoms with Crippen molar-refractivity contribution in [1.82, 2.24) is 5.32 Å². The van der Waals surface area contributed by atoms with Crippen molar-refractivity contribution in [3.8, 4) is 0 Å². The third-order valence-electron chi connectivity index (χ3n) is 2.41. The van der Waals surface area contributed by atoms with Gasteiger partial charge >= 0.3 is 5.97 Å². The van der Waals surface area contributed by atoms with E-state index in [0.29, 0.717) is 0 Å². The average molecular weight is 185 g/mol. The molecule has 13 heavy (non-hydrogen) atoms. The largest absolute Gasteiger partial charge is 0.481 e. The summed E-state index contributed by atoms with van der Waals surface area (Å²) in [5.41, 5.74) is 0. The summed E-state index contributed by atoms with van der Waals surface area (Å²) in [5, 5.41) is 11.6. The number of carbonyl (C=O) groups is 1. The molecule has 1 rings (SSSR count). The smallest absolute Gasteiger partial charge is 0.303 e. The molecule has 0 aromatic rings. The predicted octanol–water partition coefficient (Wildman–Crippen LogP) is 1.63. The Hall–Kier alpha value is -0.570. The van der Waals surface area contributed by atoms with Crippen LogP contribution in [-0.2, 0) is 4.79 Å². The highest BCUT2D eigenvalue weighted by atomic mass is 16.4. The van der Waals surface area contributed by atoms with E-state index in [2.05, 4.69) is 5.32 Å². The van der Waals surface area contributed by atoms with E-state index in [1.807, 2.05) is 0 Å². The van der Waals surface area contributed by atoms with E-state index in [1.165, 1.54) is 25.7 Å². The van der Waals surface area contributed by atoms with Gasteiger partial charge in [-0.15, -0.1) is 0 Å². The van der Waals surface area contributed by atoms with Gasteiger partial charge in [-0.25, -0.2) is 0 Å². The van der Waals surface area contributed by atoms with Crippen molar-refractivity contribution in [3.63, 3.8) is 0 Å². The Morgan fingerprint density at radius 1 is 1.31 bits per heavy atom. The Labute approximate surface area is 79.5 Å². The van der Waals surface area contributed by atoms with Gasteiger partial charge in [0, 0.05) is 6.42 Å². The molecular weight excluding hydrogens is 166 g/mol. The van der Waals surface area contributed by atoms with Gasteiger partial charge in [0.05, 0.1) is 0 Å². The molecule has 0 aromatic heterocycles. The van der Waals surface area contributed by atoms with Gasteiger partial charge in [-0.2, -0.15) is 0 Å². The Balaban J connectivity index is 1.70. The second-order valence-electron chi connectivity index (χ2n) is 3.83. The third kappa shape index (κ3) is 6.58. The minimum Gasteiger partial charge on any atom is -0.481 e. The fraction of sp³-hybridized carbons (Fsp3) is 0.900. The molecule has 0 aromatic carbocycles. The number of nitrogens with one attached hydrogen (secondary N) is 1. The average Bonchev–Trinajstić information content (AvgIpc) is 2.86. The number of hydrogen-bond donors (Lipinski definition) is 2. The summed E-state index contributed by atoms with van der Waals surface area (Å²) >= 11 is 0. The number of hydrogen-bond acceptors (Lipinski definition) is 2. The van der Waals surface area contributed by atoms with E-state index < -0.39 is 5.97 Å². The highest BCUT2D eigenvalue weighted by Gasteiger charge is 2.19. The van der Waals surface area contributed by atoms with Crippen LogP contribution in [0, 0.1) is 5.92 Å². The normalized spacial score (nSPS) is 16.0. The number of aliphatic carboxylic acids is 1. The molecule has 1 fully saturated rings. The Morgan fingerprint density at radius 3 is 2.62 bits per heavy atom. The maximum atomic E-state index is 10.2. The summed E-state index contributed by atoms with van der Waals surface area (Å²) in [7, 11) is 0. The van der Waals surface area contributed by atoms with Crippen LogP contribution < -0.4 is 5.32 Å². The molecule has 0 amide bonds. The molecular formula is C10H19NO2. The molecule has 1 aliphatic carbocycles. The molecule has 0 saturated heterocycles. The molecule has 0 unspecified atom stereocenters. The minimum atomic E-state index is -0.695. The van der Waals surface area contributed by atoms with E-state index in [1.54, 1.807) is 0 Å². The lowest BCUT2D eigenvalue weighted by molar-refractivity contribution is -0.137. The summed E-state index contributed by atoms with van der Waals surface area (Å²) in [6.45, 7) is 1.90. The first-order chi connectivity index (χ1) is 6.29. The maximum Gasteiger partial charge on any atom is 0.303 e. The Kier molecular flexibility index (Phi) is 4.83. The summed E-state index contributed by atoms with van der Waals surface area (Å²) in [4.78, 5) is 10.2. The van der Waals surface area contributed by atoms with Gasteiger partial charge < -0.3 is 10.4 Å². The second kappa shape index (κ2) is 5.97. The standard InChI is InChI=1S/C10H19NO2/c12-10(13)4-2-8-11-7-1-3-9-5-6-9/h9,11H,1-8H2,(H,12,13). The van der Waals surface area contributed by atoms with E-state index in [-0.39, 0.29) is 6.42 Å². The van der Waals surface area contributed by atoms with Crippen LogP contribution >= 0.6 is 0 Å². The minimum absolute atomic E-state index is 0.287. The van der Waals surface area contributed by atoms with Gasteiger partial charge in [0.15, 0.2) is 0 Å². The van der Waals surface area contributed by atoms with E-state index >= 15 is 0 Å². The molecule has 0 radical (unpaired) electrons. The van der Waals surface area contributed by atoms with Crippen molar-refractivity contribution in [2.75, 3.05) is 13.1 Å². The SMILES string of the molecule is O=C(O)CCCNCCCC1CC1. The fourth-order valence-electron chi connectivity index (χ4n) is 1.41. The van der Waals surface area contributed by atoms with Crippen molar-refractivity contribution in [1.29, 1.82) is 0 Å². The molecule has 3 nitrogen and oxygen atoms in total. The van der Waals surface area contributed by atoms with Crippen LogP contribution in [0.4, 0.5) is 0 Å². The van der Waals surface area contributed by atoms with Crippen molar-refractivity contribution in [3.05, 3.63) is 0 Å². The van der Waals surface area contributed by atoms with Crippen molar-refractivity contribution >= 4 is 5.97 Å². The van der Waals surface area contributed by atoms with E-state index in [4.69, 9.17) is 5.11 Å². The summed E-state index contributed by atoms with van der Waals surface area (Å²) in [5.74, 6) is 0.320. The van der Waals surface area contributed by atoms with Crippen molar-refractivity contribution in [2.45, 2.75) is 38.5 Å². The van der Waals surface area contributed by atoms with E-state index in [0.717, 1.165) is 25.4 Å². The first-order valence-corrected chi connectivity index (χ1v) is 5.21. The zero-order valence-corrected chi connectivity index (χ0v) is 8.09. The number of rotatable bonds is 8.